The van der Waals surface area contributed by atoms with E-state index in [1.54, 1.807) is 49.5 Å². The molecule has 5 heterocycles. The number of pyridine rings is 1. The minimum Gasteiger partial charge on any atom is -0.458 e. The Kier molecular flexibility index (Phi) is 14.6. The van der Waals surface area contributed by atoms with E-state index in [9.17, 15) is 24.6 Å². The Morgan fingerprint density at radius 2 is 1.82 bits per heavy atom. The van der Waals surface area contributed by atoms with E-state index >= 15 is 0 Å². The largest absolute Gasteiger partial charge is 0.458 e. The lowest BCUT2D eigenvalue weighted by molar-refractivity contribution is -0.245. The number of nitrogens with zero attached hydrogens (tertiary/aromatic N) is 5. The van der Waals surface area contributed by atoms with Crippen molar-refractivity contribution >= 4 is 17.8 Å². The molecule has 0 bridgehead atoms. The van der Waals surface area contributed by atoms with Gasteiger partial charge in [-0.2, -0.15) is 0 Å². The lowest BCUT2D eigenvalue weighted by Gasteiger charge is -2.45. The number of Topliss-reactive ketones (excluding diaryl/α,β-unsaturated/α-hetero) is 1. The van der Waals surface area contributed by atoms with Crippen LogP contribution in [0.4, 0.5) is 4.79 Å². The average molecular weight is 801 g/mol. The van der Waals surface area contributed by atoms with Crippen LogP contribution in [0.3, 0.4) is 0 Å². The molecule has 3 aliphatic heterocycles. The lowest BCUT2D eigenvalue weighted by atomic mass is 9.79. The van der Waals surface area contributed by atoms with Gasteiger partial charge in [-0.1, -0.05) is 13.8 Å². The highest BCUT2D eigenvalue weighted by Gasteiger charge is 2.59. The van der Waals surface area contributed by atoms with Gasteiger partial charge in [0.2, 0.25) is 0 Å². The molecule has 318 valence electrons. The number of esters is 1. The number of aliphatic hydroxyl groups is 2. The van der Waals surface area contributed by atoms with Crippen molar-refractivity contribution in [3.05, 3.63) is 37.1 Å². The van der Waals surface area contributed by atoms with Crippen LogP contribution in [0.1, 0.15) is 74.1 Å². The zero-order valence-corrected chi connectivity index (χ0v) is 35.2. The van der Waals surface area contributed by atoms with Gasteiger partial charge in [-0.05, 0) is 86.5 Å². The highest BCUT2D eigenvalue weighted by atomic mass is 16.7. The van der Waals surface area contributed by atoms with Crippen LogP contribution in [0, 0.1) is 11.8 Å². The summed E-state index contributed by atoms with van der Waals surface area (Å²) < 4.78 is 33.1. The number of unbranched alkanes of at least 4 members (excludes halogenated alkanes) is 1. The van der Waals surface area contributed by atoms with Gasteiger partial charge < -0.3 is 48.7 Å². The van der Waals surface area contributed by atoms with Gasteiger partial charge >= 0.3 is 12.1 Å². The third kappa shape index (κ3) is 9.37. The fraction of sp³-hybridized carbons (Fsp3) is 0.732. The number of methoxy groups -OCH3 is 1. The zero-order chi connectivity index (χ0) is 41.8. The Labute approximate surface area is 336 Å². The van der Waals surface area contributed by atoms with Crippen LogP contribution < -0.4 is 5.32 Å². The number of hydrogen-bond donors (Lipinski definition) is 3. The highest BCUT2D eigenvalue weighted by molar-refractivity contribution is 6.00. The molecule has 0 radical (unpaired) electrons. The highest BCUT2D eigenvalue weighted by Crippen LogP contribution is 2.40. The second kappa shape index (κ2) is 18.6. The van der Waals surface area contributed by atoms with Gasteiger partial charge in [0.05, 0.1) is 42.4 Å². The predicted molar refractivity (Wildman–Crippen MR) is 210 cm³/mol. The van der Waals surface area contributed by atoms with Crippen molar-refractivity contribution in [1.82, 2.24) is 29.7 Å². The van der Waals surface area contributed by atoms with Crippen molar-refractivity contribution in [3.8, 4) is 11.3 Å². The first-order chi connectivity index (χ1) is 27.0. The number of fused-ring (bicyclic) bond motifs is 1. The molecule has 0 spiro atoms. The van der Waals surface area contributed by atoms with Crippen molar-refractivity contribution < 1.29 is 48.3 Å². The first-order valence-electron chi connectivity index (χ1n) is 20.2. The van der Waals surface area contributed by atoms with Crippen molar-refractivity contribution in [1.29, 1.82) is 0 Å². The summed E-state index contributed by atoms with van der Waals surface area (Å²) in [5.74, 6) is -3.31. The number of ketones is 1. The topological polar surface area (TPSA) is 187 Å². The summed E-state index contributed by atoms with van der Waals surface area (Å²) in [6, 6.07) is 2.11. The average Bonchev–Trinajstić information content (AvgIpc) is 3.86. The number of carbonyl (C=O) groups is 3. The van der Waals surface area contributed by atoms with Crippen LogP contribution in [0.15, 0.2) is 37.1 Å². The van der Waals surface area contributed by atoms with Crippen molar-refractivity contribution in [3.63, 3.8) is 0 Å². The van der Waals surface area contributed by atoms with Gasteiger partial charge in [-0.15, -0.1) is 0 Å². The van der Waals surface area contributed by atoms with E-state index in [4.69, 9.17) is 23.7 Å². The zero-order valence-electron chi connectivity index (χ0n) is 35.2. The third-order valence-electron chi connectivity index (χ3n) is 12.2. The van der Waals surface area contributed by atoms with Crippen molar-refractivity contribution in [2.45, 2.75) is 147 Å². The quantitative estimate of drug-likeness (QED) is 0.162. The van der Waals surface area contributed by atoms with Gasteiger partial charge in [0, 0.05) is 62.4 Å². The Bertz CT molecular complexity index is 1660. The number of imidazole rings is 1. The molecule has 2 aromatic heterocycles. The Morgan fingerprint density at radius 1 is 1.11 bits per heavy atom. The minimum atomic E-state index is -1.24. The summed E-state index contributed by atoms with van der Waals surface area (Å²) in [6.45, 7) is 13.4. The molecule has 13 atom stereocenters. The predicted octanol–water partition coefficient (Wildman–Crippen LogP) is 3.04. The van der Waals surface area contributed by atoms with E-state index in [-0.39, 0.29) is 18.7 Å². The maximum atomic E-state index is 14.2. The Morgan fingerprint density at radius 3 is 2.44 bits per heavy atom. The van der Waals surface area contributed by atoms with Gasteiger partial charge in [0.15, 0.2) is 17.7 Å². The van der Waals surface area contributed by atoms with Gasteiger partial charge in [0.1, 0.15) is 24.2 Å². The molecule has 16 nitrogen and oxygen atoms in total. The van der Waals surface area contributed by atoms with E-state index in [2.05, 4.69) is 15.3 Å². The Balaban J connectivity index is 1.40. The monoisotopic (exact) mass is 800 g/mol. The molecule has 3 saturated heterocycles. The number of ether oxygens (including phenoxy) is 5. The summed E-state index contributed by atoms with van der Waals surface area (Å²) in [4.78, 5) is 54.2. The second-order valence-corrected chi connectivity index (χ2v) is 16.7. The molecule has 0 unspecified atom stereocenters. The van der Waals surface area contributed by atoms with Gasteiger partial charge in [0.25, 0.3) is 0 Å². The van der Waals surface area contributed by atoms with Gasteiger partial charge in [-0.25, -0.2) is 9.78 Å². The van der Waals surface area contributed by atoms with Crippen LogP contribution in [-0.2, 0) is 39.8 Å². The molecule has 5 rings (SSSR count). The number of hydrogen-bond acceptors (Lipinski definition) is 14. The second-order valence-electron chi connectivity index (χ2n) is 16.7. The fourth-order valence-corrected chi connectivity index (χ4v) is 9.29. The van der Waals surface area contributed by atoms with Crippen LogP contribution in [0.25, 0.3) is 11.3 Å². The van der Waals surface area contributed by atoms with Crippen molar-refractivity contribution in [2.24, 2.45) is 11.8 Å². The number of likely N-dealkylation sites (N-methyl/N-ethyl adjacent to an activating group) is 1. The maximum absolute atomic E-state index is 14.2. The molecule has 3 fully saturated rings. The smallest absolute Gasteiger partial charge is 0.410 e. The van der Waals surface area contributed by atoms with Gasteiger partial charge in [-0.3, -0.25) is 19.5 Å². The van der Waals surface area contributed by atoms with Crippen LogP contribution in [0.5, 0.6) is 0 Å². The van der Waals surface area contributed by atoms with E-state index in [1.165, 1.54) is 14.0 Å². The molecule has 2 aromatic rings. The number of carbonyl (C=O) groups excluding carboxylic acids is 3. The summed E-state index contributed by atoms with van der Waals surface area (Å²) >= 11 is 0. The normalized spacial score (nSPS) is 36.9. The Hall–Kier alpha value is -3.51. The number of cyclic esters (lactones) is 1. The lowest BCUT2D eigenvalue weighted by Crippen LogP contribution is -2.62. The summed E-state index contributed by atoms with van der Waals surface area (Å²) in [5.41, 5.74) is -0.622. The van der Waals surface area contributed by atoms with Crippen LogP contribution in [-0.4, -0.2) is 153 Å². The number of rotatable bonds is 12. The summed E-state index contributed by atoms with van der Waals surface area (Å²) in [7, 11) is 5.08. The summed E-state index contributed by atoms with van der Waals surface area (Å²) in [6.07, 6.45) is 3.96. The molecule has 0 saturated carbocycles. The molecule has 3 aliphatic rings. The molecule has 0 aliphatic carbocycles. The molecule has 3 N–H and O–H groups in total. The van der Waals surface area contributed by atoms with E-state index < -0.39 is 83.7 Å². The number of aliphatic hydroxyl groups excluding tert-OH is 2. The van der Waals surface area contributed by atoms with Crippen LogP contribution in [0.2, 0.25) is 0 Å². The SMILES string of the molecule is CC[C@@H]1OC(=O)[C@H](C)C(=O)[C@H](C)[C@@H](O[C@H]2O[C@H](CO)[C@@H](N(C)C)[C@H]2O)[C@@](C)(OC)C[C@@H](C)N[C@@H](C)[C@H]2N(CCCCn3cnc(-c4cccnc4)c3)C(=O)O[C@]12C. The van der Waals surface area contributed by atoms with E-state index in [0.29, 0.717) is 32.4 Å². The first kappa shape index (κ1) is 44.6. The van der Waals surface area contributed by atoms with E-state index in [0.717, 1.165) is 17.7 Å². The molecular formula is C41H64N6O10. The standard InChI is InChI=1S/C41H64N6O10/c1-11-31-41(7)35(47(39(52)57-41)18-13-12-17-46-21-29(43-23-46)28-15-14-16-42-20-28)27(5)44-24(2)19-40(6,53-10)36(25(3)33(49)26(4)37(51)55-31)56-38-34(50)32(45(8)9)30(22-48)54-38/h14-16,20-21,23-27,30-32,34-36,38,44,48,50H,11-13,17-19,22H2,1-10H3/t24-,25+,26-,27+,30-,31+,32-,34-,35-,36-,38-,40+,41-/m1/s1. The van der Waals surface area contributed by atoms with E-state index in [1.807, 2.05) is 57.5 Å². The molecule has 0 aromatic carbocycles. The number of nitrogens with one attached hydrogen (secondary N) is 1. The first-order valence-corrected chi connectivity index (χ1v) is 20.2. The van der Waals surface area contributed by atoms with Crippen LogP contribution >= 0.6 is 0 Å². The minimum absolute atomic E-state index is 0.257. The summed E-state index contributed by atoms with van der Waals surface area (Å²) in [5, 5.41) is 25.1. The molecule has 1 amide bonds. The number of aryl methyl sites for hydroxylation is 1. The number of aromatic nitrogens is 3. The molecule has 57 heavy (non-hydrogen) atoms. The number of amides is 1. The molecule has 16 heteroatoms. The fourth-order valence-electron chi connectivity index (χ4n) is 9.29. The van der Waals surface area contributed by atoms with Crippen molar-refractivity contribution in [2.75, 3.05) is 34.4 Å². The third-order valence-corrected chi connectivity index (χ3v) is 12.2. The molecular weight excluding hydrogens is 736 g/mol. The maximum Gasteiger partial charge on any atom is 0.410 e.